The van der Waals surface area contributed by atoms with Crippen molar-refractivity contribution in [3.63, 3.8) is 0 Å². The first-order chi connectivity index (χ1) is 12.7. The van der Waals surface area contributed by atoms with Gasteiger partial charge in [-0.1, -0.05) is 42.8 Å². The highest BCUT2D eigenvalue weighted by molar-refractivity contribution is 7.21. The van der Waals surface area contributed by atoms with Crippen molar-refractivity contribution in [3.8, 4) is 11.5 Å². The number of thiophene rings is 1. The zero-order valence-corrected chi connectivity index (χ0v) is 15.8. The quantitative estimate of drug-likeness (QED) is 0.668. The fraction of sp³-hybridized carbons (Fsp3) is 0.250. The third-order valence-electron chi connectivity index (χ3n) is 4.42. The van der Waals surface area contributed by atoms with E-state index in [1.165, 1.54) is 11.3 Å². The van der Waals surface area contributed by atoms with Crippen molar-refractivity contribution < 1.29 is 14.3 Å². The molecule has 0 aliphatic carbocycles. The smallest absolute Gasteiger partial charge is 0.263 e. The Labute approximate surface area is 160 Å². The molecule has 0 bridgehead atoms. The highest BCUT2D eigenvalue weighted by Crippen LogP contribution is 2.36. The normalized spacial score (nSPS) is 14.2. The van der Waals surface area contributed by atoms with Gasteiger partial charge in [0.25, 0.3) is 5.91 Å². The molecule has 1 aliphatic heterocycles. The van der Waals surface area contributed by atoms with Gasteiger partial charge in [0.1, 0.15) is 18.1 Å². The number of hydrogen-bond donors (Lipinski definition) is 1. The van der Waals surface area contributed by atoms with Crippen LogP contribution in [-0.2, 0) is 0 Å². The number of nitrogens with one attached hydrogen (secondary N) is 1. The summed E-state index contributed by atoms with van der Waals surface area (Å²) >= 11 is 7.85. The van der Waals surface area contributed by atoms with Crippen LogP contribution in [0.5, 0.6) is 11.5 Å². The van der Waals surface area contributed by atoms with Gasteiger partial charge < -0.3 is 14.8 Å². The number of halogens is 1. The van der Waals surface area contributed by atoms with Crippen LogP contribution in [0.4, 0.5) is 0 Å². The minimum Gasteiger partial charge on any atom is -0.486 e. The van der Waals surface area contributed by atoms with Crippen LogP contribution >= 0.6 is 22.9 Å². The topological polar surface area (TPSA) is 47.6 Å². The molecule has 134 valence electrons. The van der Waals surface area contributed by atoms with Crippen LogP contribution in [0, 0.1) is 0 Å². The van der Waals surface area contributed by atoms with E-state index in [9.17, 15) is 4.79 Å². The van der Waals surface area contributed by atoms with Crippen molar-refractivity contribution in [3.05, 3.63) is 57.9 Å². The molecule has 4 nitrogen and oxygen atoms in total. The second-order valence-electron chi connectivity index (χ2n) is 6.08. The summed E-state index contributed by atoms with van der Waals surface area (Å²) in [5.74, 6) is 1.31. The first-order valence-electron chi connectivity index (χ1n) is 8.55. The maximum Gasteiger partial charge on any atom is 0.263 e. The maximum atomic E-state index is 12.8. The second kappa shape index (κ2) is 7.17. The highest BCUT2D eigenvalue weighted by atomic mass is 35.5. The van der Waals surface area contributed by atoms with Gasteiger partial charge >= 0.3 is 0 Å². The summed E-state index contributed by atoms with van der Waals surface area (Å²) in [5, 5.41) is 4.53. The van der Waals surface area contributed by atoms with Gasteiger partial charge in [0.05, 0.1) is 11.1 Å². The molecule has 0 saturated heterocycles. The molecule has 2 heterocycles. The van der Waals surface area contributed by atoms with Crippen LogP contribution < -0.4 is 14.8 Å². The van der Waals surface area contributed by atoms with E-state index in [-0.39, 0.29) is 11.9 Å². The molecule has 1 unspecified atom stereocenters. The maximum absolute atomic E-state index is 12.8. The summed E-state index contributed by atoms with van der Waals surface area (Å²) < 4.78 is 12.2. The van der Waals surface area contributed by atoms with E-state index in [1.54, 1.807) is 0 Å². The van der Waals surface area contributed by atoms with Gasteiger partial charge in [-0.2, -0.15) is 0 Å². The standard InChI is InChI=1S/C20H18ClNO3S/c1-2-14(12-7-8-15-16(11-12)25-10-9-24-15)22-20(23)19-18(21)13-5-3-4-6-17(13)26-19/h3-8,11,14H,2,9-10H2,1H3,(H,22,23). The predicted octanol–water partition coefficient (Wildman–Crippen LogP) is 5.21. The summed E-state index contributed by atoms with van der Waals surface area (Å²) in [6.07, 6.45) is 0.758. The first kappa shape index (κ1) is 17.2. The van der Waals surface area contributed by atoms with Crippen LogP contribution in [0.25, 0.3) is 10.1 Å². The lowest BCUT2D eigenvalue weighted by Gasteiger charge is -2.22. The Bertz CT molecular complexity index is 969. The highest BCUT2D eigenvalue weighted by Gasteiger charge is 2.21. The molecule has 1 atom stereocenters. The van der Waals surface area contributed by atoms with E-state index in [0.29, 0.717) is 23.1 Å². The third-order valence-corrected chi connectivity index (χ3v) is 6.10. The molecule has 0 radical (unpaired) electrons. The number of rotatable bonds is 4. The van der Waals surface area contributed by atoms with E-state index in [2.05, 4.69) is 5.32 Å². The molecule has 0 fully saturated rings. The lowest BCUT2D eigenvalue weighted by molar-refractivity contribution is 0.0939. The lowest BCUT2D eigenvalue weighted by Crippen LogP contribution is -2.28. The number of amides is 1. The third kappa shape index (κ3) is 3.13. The molecule has 1 aliphatic rings. The van der Waals surface area contributed by atoms with Crippen LogP contribution in [0.3, 0.4) is 0 Å². The summed E-state index contributed by atoms with van der Waals surface area (Å²) in [6, 6.07) is 13.5. The minimum atomic E-state index is -0.155. The van der Waals surface area contributed by atoms with Crippen LogP contribution in [-0.4, -0.2) is 19.1 Å². The van der Waals surface area contributed by atoms with Crippen molar-refractivity contribution in [2.24, 2.45) is 0 Å². The average molecular weight is 388 g/mol. The Morgan fingerprint density at radius 2 is 1.96 bits per heavy atom. The van der Waals surface area contributed by atoms with Crippen molar-refractivity contribution in [1.82, 2.24) is 5.32 Å². The van der Waals surface area contributed by atoms with E-state index in [0.717, 1.165) is 33.6 Å². The van der Waals surface area contributed by atoms with Gasteiger partial charge in [-0.3, -0.25) is 4.79 Å². The molecule has 26 heavy (non-hydrogen) atoms. The Hall–Kier alpha value is -2.24. The van der Waals surface area contributed by atoms with Crippen molar-refractivity contribution in [2.75, 3.05) is 13.2 Å². The molecular formula is C20H18ClNO3S. The molecule has 1 aromatic heterocycles. The van der Waals surface area contributed by atoms with Gasteiger partial charge in [-0.05, 0) is 30.2 Å². The van der Waals surface area contributed by atoms with Crippen LogP contribution in [0.1, 0.15) is 34.6 Å². The van der Waals surface area contributed by atoms with Gasteiger partial charge in [-0.25, -0.2) is 0 Å². The predicted molar refractivity (Wildman–Crippen MR) is 105 cm³/mol. The zero-order chi connectivity index (χ0) is 18.1. The second-order valence-corrected chi connectivity index (χ2v) is 7.51. The molecule has 4 rings (SSSR count). The molecule has 1 amide bonds. The van der Waals surface area contributed by atoms with Crippen molar-refractivity contribution in [1.29, 1.82) is 0 Å². The minimum absolute atomic E-state index is 0.125. The Kier molecular flexibility index (Phi) is 4.74. The monoisotopic (exact) mass is 387 g/mol. The fourth-order valence-electron chi connectivity index (χ4n) is 3.08. The van der Waals surface area contributed by atoms with Gasteiger partial charge in [-0.15, -0.1) is 11.3 Å². The Balaban J connectivity index is 1.59. The number of carbonyl (C=O) groups is 1. The number of carbonyl (C=O) groups excluding carboxylic acids is 1. The molecule has 1 N–H and O–H groups in total. The summed E-state index contributed by atoms with van der Waals surface area (Å²) in [7, 11) is 0. The SMILES string of the molecule is CCC(NC(=O)c1sc2ccccc2c1Cl)c1ccc2c(c1)OCCO2. The lowest BCUT2D eigenvalue weighted by atomic mass is 10.0. The van der Waals surface area contributed by atoms with Gasteiger partial charge in [0.2, 0.25) is 0 Å². The van der Waals surface area contributed by atoms with Gasteiger partial charge in [0.15, 0.2) is 11.5 Å². The van der Waals surface area contributed by atoms with Crippen molar-refractivity contribution in [2.45, 2.75) is 19.4 Å². The summed E-state index contributed by atoms with van der Waals surface area (Å²) in [5.41, 5.74) is 0.988. The molecule has 0 spiro atoms. The molecule has 3 aromatic rings. The van der Waals surface area contributed by atoms with E-state index >= 15 is 0 Å². The summed E-state index contributed by atoms with van der Waals surface area (Å²) in [6.45, 7) is 3.13. The average Bonchev–Trinajstić information content (AvgIpc) is 3.02. The van der Waals surface area contributed by atoms with Crippen LogP contribution in [0.15, 0.2) is 42.5 Å². The molecular weight excluding hydrogens is 370 g/mol. The van der Waals surface area contributed by atoms with E-state index < -0.39 is 0 Å². The molecule has 2 aromatic carbocycles. The Morgan fingerprint density at radius 1 is 1.19 bits per heavy atom. The van der Waals surface area contributed by atoms with Gasteiger partial charge in [0, 0.05) is 10.1 Å². The van der Waals surface area contributed by atoms with E-state index in [4.69, 9.17) is 21.1 Å². The molecule has 0 saturated carbocycles. The molecule has 6 heteroatoms. The number of hydrogen-bond acceptors (Lipinski definition) is 4. The van der Waals surface area contributed by atoms with Crippen LogP contribution in [0.2, 0.25) is 5.02 Å². The number of ether oxygens (including phenoxy) is 2. The largest absolute Gasteiger partial charge is 0.486 e. The first-order valence-corrected chi connectivity index (χ1v) is 9.74. The van der Waals surface area contributed by atoms with E-state index in [1.807, 2.05) is 49.4 Å². The Morgan fingerprint density at radius 3 is 2.73 bits per heavy atom. The fourth-order valence-corrected chi connectivity index (χ4v) is 4.50. The summed E-state index contributed by atoms with van der Waals surface area (Å²) in [4.78, 5) is 13.4. The van der Waals surface area contributed by atoms with Crippen molar-refractivity contribution >= 4 is 38.9 Å². The number of fused-ring (bicyclic) bond motifs is 2. The zero-order valence-electron chi connectivity index (χ0n) is 14.3. The number of benzene rings is 2.